The summed E-state index contributed by atoms with van der Waals surface area (Å²) in [6, 6.07) is 0. The van der Waals surface area contributed by atoms with Gasteiger partial charge in [-0.1, -0.05) is 50.0 Å². The van der Waals surface area contributed by atoms with Gasteiger partial charge in [-0.2, -0.15) is 0 Å². The highest BCUT2D eigenvalue weighted by atomic mass is 14.1. The number of allylic oxidation sites excluding steroid dienone is 7. The van der Waals surface area contributed by atoms with Crippen LogP contribution in [0, 0.1) is 5.92 Å². The molecule has 0 nitrogen and oxygen atoms in total. The maximum atomic E-state index is 4.04. The summed E-state index contributed by atoms with van der Waals surface area (Å²) in [5, 5.41) is 0. The van der Waals surface area contributed by atoms with Gasteiger partial charge in [-0.05, 0) is 18.4 Å². The zero-order valence-electron chi connectivity index (χ0n) is 7.66. The first kappa shape index (κ1) is 9.05. The Kier molecular flexibility index (Phi) is 3.59. The number of hydrogen-bond donors (Lipinski definition) is 0. The molecule has 0 saturated heterocycles. The Morgan fingerprint density at radius 3 is 3.00 bits per heavy atom. The Hall–Kier alpha value is -1.04. The van der Waals surface area contributed by atoms with Crippen LogP contribution in [0.5, 0.6) is 0 Å². The molecule has 1 atom stereocenters. The molecule has 0 fully saturated rings. The lowest BCUT2D eigenvalue weighted by atomic mass is 9.93. The summed E-state index contributed by atoms with van der Waals surface area (Å²) in [7, 11) is 0. The van der Waals surface area contributed by atoms with E-state index < -0.39 is 0 Å². The van der Waals surface area contributed by atoms with Crippen LogP contribution >= 0.6 is 0 Å². The van der Waals surface area contributed by atoms with E-state index in [-0.39, 0.29) is 0 Å². The molecule has 0 aromatic heterocycles. The molecule has 0 spiro atoms. The van der Waals surface area contributed by atoms with Gasteiger partial charge in [-0.15, -0.1) is 0 Å². The van der Waals surface area contributed by atoms with E-state index in [0.29, 0.717) is 5.92 Å². The van der Waals surface area contributed by atoms with Gasteiger partial charge in [0, 0.05) is 5.92 Å². The van der Waals surface area contributed by atoms with E-state index in [9.17, 15) is 0 Å². The summed E-state index contributed by atoms with van der Waals surface area (Å²) in [6.07, 6.45) is 15.1. The summed E-state index contributed by atoms with van der Waals surface area (Å²) in [5.41, 5.74) is 1.22. The molecular formula is C12H16. The molecule has 1 aliphatic carbocycles. The predicted molar refractivity (Wildman–Crippen MR) is 55.0 cm³/mol. The van der Waals surface area contributed by atoms with Crippen LogP contribution in [0.15, 0.2) is 48.6 Å². The van der Waals surface area contributed by atoms with E-state index in [2.05, 4.69) is 50.0 Å². The highest BCUT2D eigenvalue weighted by molar-refractivity contribution is 5.26. The van der Waals surface area contributed by atoms with E-state index in [1.807, 2.05) is 0 Å². The minimum absolute atomic E-state index is 0.526. The number of rotatable bonds is 3. The van der Waals surface area contributed by atoms with Crippen LogP contribution < -0.4 is 0 Å². The Morgan fingerprint density at radius 1 is 1.58 bits per heavy atom. The molecule has 0 heteroatoms. The van der Waals surface area contributed by atoms with Crippen LogP contribution in [0.3, 0.4) is 0 Å². The van der Waals surface area contributed by atoms with Gasteiger partial charge in [0.05, 0.1) is 0 Å². The third-order valence-corrected chi connectivity index (χ3v) is 2.02. The molecule has 12 heavy (non-hydrogen) atoms. The van der Waals surface area contributed by atoms with Gasteiger partial charge < -0.3 is 0 Å². The largest absolute Gasteiger partial charge is 0.0952 e. The molecular weight excluding hydrogens is 144 g/mol. The lowest BCUT2D eigenvalue weighted by Gasteiger charge is -2.12. The van der Waals surface area contributed by atoms with Crippen molar-refractivity contribution in [1.29, 1.82) is 0 Å². The fraction of sp³-hybridized carbons (Fsp3) is 0.333. The number of hydrogen-bond acceptors (Lipinski definition) is 0. The monoisotopic (exact) mass is 160 g/mol. The van der Waals surface area contributed by atoms with Crippen molar-refractivity contribution in [3.63, 3.8) is 0 Å². The molecule has 0 aromatic rings. The van der Waals surface area contributed by atoms with Crippen LogP contribution in [0.1, 0.15) is 19.8 Å². The van der Waals surface area contributed by atoms with Crippen LogP contribution in [-0.2, 0) is 0 Å². The molecule has 0 radical (unpaired) electrons. The zero-order valence-corrected chi connectivity index (χ0v) is 7.66. The molecule has 0 saturated carbocycles. The first-order chi connectivity index (χ1) is 5.84. The molecule has 0 bridgehead atoms. The van der Waals surface area contributed by atoms with Crippen molar-refractivity contribution in [2.24, 2.45) is 5.92 Å². The minimum atomic E-state index is 0.526. The van der Waals surface area contributed by atoms with E-state index in [4.69, 9.17) is 0 Å². The molecule has 0 aliphatic heterocycles. The third kappa shape index (κ3) is 2.54. The van der Waals surface area contributed by atoms with Crippen molar-refractivity contribution in [1.82, 2.24) is 0 Å². The third-order valence-electron chi connectivity index (χ3n) is 2.02. The van der Waals surface area contributed by atoms with E-state index in [1.54, 1.807) is 0 Å². The lowest BCUT2D eigenvalue weighted by molar-refractivity contribution is 0.789. The van der Waals surface area contributed by atoms with Crippen LogP contribution in [0.25, 0.3) is 0 Å². The van der Waals surface area contributed by atoms with Crippen molar-refractivity contribution < 1.29 is 0 Å². The quantitative estimate of drug-likeness (QED) is 0.553. The Morgan fingerprint density at radius 2 is 2.42 bits per heavy atom. The van der Waals surface area contributed by atoms with Gasteiger partial charge in [-0.25, -0.2) is 0 Å². The average Bonchev–Trinajstić information content (AvgIpc) is 2.15. The second-order valence-electron chi connectivity index (χ2n) is 3.04. The lowest BCUT2D eigenvalue weighted by Crippen LogP contribution is -1.98. The van der Waals surface area contributed by atoms with Gasteiger partial charge in [0.15, 0.2) is 0 Å². The summed E-state index contributed by atoms with van der Waals surface area (Å²) in [4.78, 5) is 0. The molecule has 64 valence electrons. The average molecular weight is 160 g/mol. The molecule has 0 amide bonds. The first-order valence-electron chi connectivity index (χ1n) is 4.53. The van der Waals surface area contributed by atoms with Crippen molar-refractivity contribution >= 4 is 0 Å². The normalized spacial score (nSPS) is 21.9. The summed E-state index contributed by atoms with van der Waals surface area (Å²) < 4.78 is 0. The second kappa shape index (κ2) is 4.76. The maximum Gasteiger partial charge on any atom is 0.00497 e. The fourth-order valence-electron chi connectivity index (χ4n) is 1.25. The van der Waals surface area contributed by atoms with Gasteiger partial charge in [0.1, 0.15) is 0 Å². The van der Waals surface area contributed by atoms with Crippen molar-refractivity contribution in [2.45, 2.75) is 19.8 Å². The van der Waals surface area contributed by atoms with Gasteiger partial charge >= 0.3 is 0 Å². The molecule has 0 N–H and O–H groups in total. The molecule has 1 unspecified atom stereocenters. The fourth-order valence-corrected chi connectivity index (χ4v) is 1.25. The summed E-state index contributed by atoms with van der Waals surface area (Å²) >= 11 is 0. The highest BCUT2D eigenvalue weighted by Gasteiger charge is 2.05. The smallest absolute Gasteiger partial charge is 0.00497 e. The summed E-state index contributed by atoms with van der Waals surface area (Å²) in [5.74, 6) is 0.526. The van der Waals surface area contributed by atoms with Gasteiger partial charge in [0.2, 0.25) is 0 Å². The van der Waals surface area contributed by atoms with Gasteiger partial charge in [0.25, 0.3) is 0 Å². The van der Waals surface area contributed by atoms with E-state index >= 15 is 0 Å². The highest BCUT2D eigenvalue weighted by Crippen LogP contribution is 2.20. The Balaban J connectivity index is 2.48. The van der Waals surface area contributed by atoms with Crippen molar-refractivity contribution in [3.8, 4) is 0 Å². The standard InChI is InChI=1S/C12H16/c1-3-4-8-11(2)12-9-6-5-7-10-12/h4-9,12H,2-3,10H2,1H3/b8-4-. The molecule has 1 rings (SSSR count). The topological polar surface area (TPSA) is 0 Å². The maximum absolute atomic E-state index is 4.04. The molecule has 0 heterocycles. The van der Waals surface area contributed by atoms with Crippen molar-refractivity contribution in [2.75, 3.05) is 0 Å². The second-order valence-corrected chi connectivity index (χ2v) is 3.04. The van der Waals surface area contributed by atoms with E-state index in [0.717, 1.165) is 12.8 Å². The minimum Gasteiger partial charge on any atom is -0.0952 e. The van der Waals surface area contributed by atoms with Crippen LogP contribution in [0.4, 0.5) is 0 Å². The Bertz CT molecular complexity index is 228. The Labute approximate surface area is 75.0 Å². The van der Waals surface area contributed by atoms with Crippen LogP contribution in [-0.4, -0.2) is 0 Å². The SMILES string of the molecule is C=C(/C=C\CC)C1C=CC=CC1. The predicted octanol–water partition coefficient (Wildman–Crippen LogP) is 3.64. The summed E-state index contributed by atoms with van der Waals surface area (Å²) in [6.45, 7) is 6.18. The first-order valence-corrected chi connectivity index (χ1v) is 4.53. The van der Waals surface area contributed by atoms with Gasteiger partial charge in [-0.3, -0.25) is 0 Å². The van der Waals surface area contributed by atoms with Crippen molar-refractivity contribution in [3.05, 3.63) is 48.6 Å². The van der Waals surface area contributed by atoms with Crippen LogP contribution in [0.2, 0.25) is 0 Å². The molecule has 0 aromatic carbocycles. The van der Waals surface area contributed by atoms with E-state index in [1.165, 1.54) is 5.57 Å². The zero-order chi connectivity index (χ0) is 8.81. The molecule has 1 aliphatic rings.